The minimum Gasteiger partial charge on any atom is -0.289 e. The van der Waals surface area contributed by atoms with E-state index in [0.29, 0.717) is 0 Å². The molecule has 11 heavy (non-hydrogen) atoms. The summed E-state index contributed by atoms with van der Waals surface area (Å²) >= 11 is 0. The van der Waals surface area contributed by atoms with Gasteiger partial charge in [0.25, 0.3) is 0 Å². The molecule has 8 heteroatoms. The highest BCUT2D eigenvalue weighted by molar-refractivity contribution is 5.76. The lowest BCUT2D eigenvalue weighted by molar-refractivity contribution is -0.187. The zero-order chi connectivity index (χ0) is 8.70. The van der Waals surface area contributed by atoms with Crippen LogP contribution in [0.15, 0.2) is 10.2 Å². The Morgan fingerprint density at radius 1 is 1.55 bits per heavy atom. The van der Waals surface area contributed by atoms with Gasteiger partial charge in [0.1, 0.15) is 0 Å². The van der Waals surface area contributed by atoms with Gasteiger partial charge in [0.05, 0.1) is 0 Å². The molecule has 0 bridgehead atoms. The van der Waals surface area contributed by atoms with Crippen molar-refractivity contribution in [1.82, 2.24) is 5.32 Å². The molecule has 1 heterocycles. The molecule has 0 radical (unpaired) electrons. The lowest BCUT2D eigenvalue weighted by atomic mass is 10.4. The van der Waals surface area contributed by atoms with Crippen molar-refractivity contribution < 1.29 is 18.0 Å². The topological polar surface area (TPSA) is 79.8 Å². The van der Waals surface area contributed by atoms with Crippen molar-refractivity contribution >= 4 is 6.03 Å². The van der Waals surface area contributed by atoms with Gasteiger partial charge >= 0.3 is 18.0 Å². The van der Waals surface area contributed by atoms with E-state index in [0.717, 1.165) is 0 Å². The Bertz CT molecular complexity index is 223. The van der Waals surface area contributed by atoms with Crippen LogP contribution >= 0.6 is 0 Å². The Labute approximate surface area is 58.5 Å². The zero-order valence-electron chi connectivity index (χ0n) is 5.01. The van der Waals surface area contributed by atoms with E-state index in [9.17, 15) is 18.0 Å². The molecular formula is C3H3F3N4O. The summed E-state index contributed by atoms with van der Waals surface area (Å²) < 4.78 is 35.5. The number of halogens is 3. The van der Waals surface area contributed by atoms with Crippen molar-refractivity contribution in [3.63, 3.8) is 0 Å². The number of urea groups is 1. The van der Waals surface area contributed by atoms with Gasteiger partial charge in [0.2, 0.25) is 0 Å². The monoisotopic (exact) mass is 168 g/mol. The van der Waals surface area contributed by atoms with Crippen molar-refractivity contribution in [3.8, 4) is 0 Å². The van der Waals surface area contributed by atoms with Crippen LogP contribution in [0.1, 0.15) is 0 Å². The normalized spacial score (nSPS) is 30.7. The average molecular weight is 168 g/mol. The van der Waals surface area contributed by atoms with E-state index in [4.69, 9.17) is 0 Å². The molecule has 5 nitrogen and oxygen atoms in total. The van der Waals surface area contributed by atoms with Crippen LogP contribution in [0, 0.1) is 0 Å². The molecule has 62 valence electrons. The first-order valence-corrected chi connectivity index (χ1v) is 2.46. The lowest BCUT2D eigenvalue weighted by Crippen LogP contribution is -2.60. The summed E-state index contributed by atoms with van der Waals surface area (Å²) in [6.07, 6.45) is -4.82. The number of hydrogen-bond acceptors (Lipinski definition) is 3. The summed E-state index contributed by atoms with van der Waals surface area (Å²) in [6.45, 7) is 0. The van der Waals surface area contributed by atoms with Gasteiger partial charge in [0.15, 0.2) is 0 Å². The van der Waals surface area contributed by atoms with Gasteiger partial charge in [-0.25, -0.2) is 4.79 Å². The first-order valence-electron chi connectivity index (χ1n) is 2.46. The molecule has 1 atom stereocenters. The second-order valence-corrected chi connectivity index (χ2v) is 1.89. The summed E-state index contributed by atoms with van der Waals surface area (Å²) in [7, 11) is 0. The number of alkyl halides is 3. The molecule has 0 aromatic rings. The van der Waals surface area contributed by atoms with Crippen molar-refractivity contribution in [2.24, 2.45) is 16.0 Å². The first-order chi connectivity index (χ1) is 4.85. The Balaban J connectivity index is 2.88. The lowest BCUT2D eigenvalue weighted by Gasteiger charge is -2.21. The predicted octanol–water partition coefficient (Wildman–Crippen LogP) is 0.337. The molecule has 1 unspecified atom stereocenters. The molecule has 1 rings (SSSR count). The molecule has 0 fully saturated rings. The quantitative estimate of drug-likeness (QED) is 0.546. The van der Waals surface area contributed by atoms with E-state index in [2.05, 4.69) is 16.0 Å². The number of rotatable bonds is 0. The van der Waals surface area contributed by atoms with Gasteiger partial charge in [0, 0.05) is 0 Å². The van der Waals surface area contributed by atoms with Crippen LogP contribution in [-0.2, 0) is 0 Å². The maximum Gasteiger partial charge on any atom is 0.449 e. The molecule has 1 aliphatic heterocycles. The van der Waals surface area contributed by atoms with E-state index in [1.165, 1.54) is 5.32 Å². The Morgan fingerprint density at radius 3 is 2.27 bits per heavy atom. The number of amides is 2. The molecule has 0 saturated heterocycles. The molecule has 0 spiro atoms. The fourth-order valence-electron chi connectivity index (χ4n) is 0.465. The van der Waals surface area contributed by atoms with Gasteiger partial charge in [-0.1, -0.05) is 5.11 Å². The maximum atomic E-state index is 11.8. The van der Waals surface area contributed by atoms with Crippen molar-refractivity contribution in [2.45, 2.75) is 12.0 Å². The van der Waals surface area contributed by atoms with E-state index in [-0.39, 0.29) is 0 Å². The van der Waals surface area contributed by atoms with E-state index in [1.54, 1.807) is 0 Å². The molecule has 0 saturated carbocycles. The van der Waals surface area contributed by atoms with Crippen molar-refractivity contribution in [2.75, 3.05) is 0 Å². The number of hydrogen-bond donors (Lipinski definition) is 2. The highest BCUT2D eigenvalue weighted by Crippen LogP contribution is 2.29. The molecule has 0 aromatic carbocycles. The third-order valence-electron chi connectivity index (χ3n) is 1.03. The number of nitrogens with one attached hydrogen (secondary N) is 1. The van der Waals surface area contributed by atoms with Gasteiger partial charge in [-0.3, -0.25) is 11.1 Å². The second kappa shape index (κ2) is 1.91. The molecule has 3 N–H and O–H groups in total. The van der Waals surface area contributed by atoms with Crippen LogP contribution in [0.2, 0.25) is 0 Å². The van der Waals surface area contributed by atoms with Gasteiger partial charge < -0.3 is 0 Å². The highest BCUT2D eigenvalue weighted by Gasteiger charge is 2.57. The van der Waals surface area contributed by atoms with Crippen molar-refractivity contribution in [1.29, 1.82) is 0 Å². The SMILES string of the molecule is NC1(C(F)(F)F)N=NC(=O)N1. The molecule has 1 aliphatic rings. The van der Waals surface area contributed by atoms with Crippen molar-refractivity contribution in [3.05, 3.63) is 0 Å². The van der Waals surface area contributed by atoms with Crippen LogP contribution in [0.4, 0.5) is 18.0 Å². The number of carbonyl (C=O) groups excluding carboxylic acids is 1. The molecule has 2 amide bonds. The van der Waals surface area contributed by atoms with Crippen LogP contribution in [0.25, 0.3) is 0 Å². The average Bonchev–Trinajstić information content (AvgIpc) is 2.10. The Hall–Kier alpha value is -1.18. The Morgan fingerprint density at radius 2 is 2.09 bits per heavy atom. The number of azo groups is 1. The minimum atomic E-state index is -4.82. The standard InChI is InChI=1S/C3H3F3N4O/c4-2(5,6)3(7)8-1(11)9-10-3/h7H2,(H,8,11). The van der Waals surface area contributed by atoms with Crippen LogP contribution in [0.3, 0.4) is 0 Å². The van der Waals surface area contributed by atoms with Gasteiger partial charge in [-0.15, -0.1) is 5.11 Å². The fraction of sp³-hybridized carbons (Fsp3) is 0.667. The second-order valence-electron chi connectivity index (χ2n) is 1.89. The van der Waals surface area contributed by atoms with Crippen LogP contribution in [-0.4, -0.2) is 18.0 Å². The van der Waals surface area contributed by atoms with Gasteiger partial charge in [-0.2, -0.15) is 13.2 Å². The minimum absolute atomic E-state index is 1.19. The highest BCUT2D eigenvalue weighted by atomic mass is 19.4. The smallest absolute Gasteiger partial charge is 0.289 e. The summed E-state index contributed by atoms with van der Waals surface area (Å²) in [6, 6.07) is -1.19. The molecule has 0 aromatic heterocycles. The molecular weight excluding hydrogens is 165 g/mol. The maximum absolute atomic E-state index is 11.8. The Kier molecular flexibility index (Phi) is 1.37. The third-order valence-corrected chi connectivity index (χ3v) is 1.03. The number of nitrogens with zero attached hydrogens (tertiary/aromatic N) is 2. The number of carbonyl (C=O) groups is 1. The summed E-state index contributed by atoms with van der Waals surface area (Å²) in [5.74, 6) is -3.04. The third kappa shape index (κ3) is 1.16. The zero-order valence-corrected chi connectivity index (χ0v) is 5.01. The first kappa shape index (κ1) is 7.92. The number of nitrogens with two attached hydrogens (primary N) is 1. The van der Waals surface area contributed by atoms with E-state index < -0.39 is 18.0 Å². The van der Waals surface area contributed by atoms with Gasteiger partial charge in [-0.05, 0) is 0 Å². The van der Waals surface area contributed by atoms with Crippen LogP contribution < -0.4 is 11.1 Å². The summed E-state index contributed by atoms with van der Waals surface area (Å²) in [4.78, 5) is 10.2. The largest absolute Gasteiger partial charge is 0.449 e. The summed E-state index contributed by atoms with van der Waals surface area (Å²) in [5, 5.41) is 6.47. The molecule has 0 aliphatic carbocycles. The summed E-state index contributed by atoms with van der Waals surface area (Å²) in [5.41, 5.74) is 4.61. The predicted molar refractivity (Wildman–Crippen MR) is 26.4 cm³/mol. The van der Waals surface area contributed by atoms with E-state index in [1.807, 2.05) is 0 Å². The fourth-order valence-corrected chi connectivity index (χ4v) is 0.465. The van der Waals surface area contributed by atoms with E-state index >= 15 is 0 Å². The van der Waals surface area contributed by atoms with Crippen LogP contribution in [0.5, 0.6) is 0 Å².